The Bertz CT molecular complexity index is 2160. The van der Waals surface area contributed by atoms with Gasteiger partial charge in [-0.3, -0.25) is 24.3 Å². The fourth-order valence-corrected chi connectivity index (χ4v) is 6.48. The van der Waals surface area contributed by atoms with E-state index in [0.717, 1.165) is 16.7 Å². The number of rotatable bonds is 7. The summed E-state index contributed by atoms with van der Waals surface area (Å²) in [6.45, 7) is 7.80. The summed E-state index contributed by atoms with van der Waals surface area (Å²) >= 11 is 1.23. The van der Waals surface area contributed by atoms with Crippen molar-refractivity contribution in [3.8, 4) is 11.3 Å². The zero-order valence-electron chi connectivity index (χ0n) is 25.1. The first-order chi connectivity index (χ1) is 21.6. The molecule has 1 aliphatic heterocycles. The molecule has 45 heavy (non-hydrogen) atoms. The average molecular weight is 619 g/mol. The zero-order valence-corrected chi connectivity index (χ0v) is 25.9. The summed E-state index contributed by atoms with van der Waals surface area (Å²) in [5.41, 5.74) is 4.65. The quantitative estimate of drug-likeness (QED) is 0.166. The summed E-state index contributed by atoms with van der Waals surface area (Å²) < 4.78 is 8.04. The highest BCUT2D eigenvalue weighted by Gasteiger charge is 2.32. The standard InChI is InChI=1S/C35H30N4O5S/c1-20(2)23-10-12-24(13-11-23)32-31(33(40)37-25-8-6-5-7-9-25)22(4)36-35-38(32)34(41)30(45-35)19-27-15-17-29(44-27)28-16-14-26(39(42)43)18-21(28)3/h5-20,32H,1-4H3,(H,37,40)/b30-19-. The molecular weight excluding hydrogens is 588 g/mol. The van der Waals surface area contributed by atoms with E-state index in [4.69, 9.17) is 9.41 Å². The third-order valence-corrected chi connectivity index (χ3v) is 8.79. The molecule has 1 N–H and O–H groups in total. The van der Waals surface area contributed by atoms with Crippen LogP contribution in [0.4, 0.5) is 11.4 Å². The summed E-state index contributed by atoms with van der Waals surface area (Å²) in [4.78, 5) is 43.8. The Labute approximate surface area is 262 Å². The number of aromatic nitrogens is 1. The Morgan fingerprint density at radius 2 is 1.78 bits per heavy atom. The Hall–Kier alpha value is -5.35. The summed E-state index contributed by atoms with van der Waals surface area (Å²) in [5.74, 6) is 0.972. The number of nitro groups is 1. The molecule has 6 rings (SSSR count). The van der Waals surface area contributed by atoms with Crippen LogP contribution in [0, 0.1) is 17.0 Å². The minimum atomic E-state index is -0.691. The lowest BCUT2D eigenvalue weighted by molar-refractivity contribution is -0.384. The van der Waals surface area contributed by atoms with Gasteiger partial charge in [-0.2, -0.15) is 0 Å². The SMILES string of the molecule is CC1=C(C(=O)Nc2ccccc2)C(c2ccc(C(C)C)cc2)n2c(s/c(=C\c3ccc(-c4ccc([N+](=O)[O-])cc4C)o3)c2=O)=N1. The third-order valence-electron chi connectivity index (χ3n) is 7.80. The number of amides is 1. The zero-order chi connectivity index (χ0) is 31.8. The van der Waals surface area contributed by atoms with Crippen LogP contribution in [0.5, 0.6) is 0 Å². The van der Waals surface area contributed by atoms with Crippen molar-refractivity contribution in [2.75, 3.05) is 5.32 Å². The van der Waals surface area contributed by atoms with Gasteiger partial charge in [-0.1, -0.05) is 67.6 Å². The second kappa shape index (κ2) is 12.0. The third kappa shape index (κ3) is 5.80. The lowest BCUT2D eigenvalue weighted by atomic mass is 9.93. The Morgan fingerprint density at radius 3 is 2.44 bits per heavy atom. The number of carbonyl (C=O) groups is 1. The number of hydrogen-bond acceptors (Lipinski definition) is 7. The van der Waals surface area contributed by atoms with Crippen LogP contribution in [0.2, 0.25) is 0 Å². The molecule has 0 saturated carbocycles. The van der Waals surface area contributed by atoms with Crippen molar-refractivity contribution >= 4 is 34.7 Å². The van der Waals surface area contributed by atoms with E-state index < -0.39 is 11.0 Å². The summed E-state index contributed by atoms with van der Waals surface area (Å²) in [6, 6.07) is 24.6. The first kappa shape index (κ1) is 29.7. The van der Waals surface area contributed by atoms with E-state index in [1.807, 2.05) is 54.6 Å². The number of furan rings is 1. The van der Waals surface area contributed by atoms with E-state index >= 15 is 0 Å². The van der Waals surface area contributed by atoms with Crippen molar-refractivity contribution in [3.05, 3.63) is 148 Å². The maximum atomic E-state index is 14.1. The normalized spacial score (nSPS) is 14.8. The lowest BCUT2D eigenvalue weighted by Gasteiger charge is -2.25. The van der Waals surface area contributed by atoms with Crippen LogP contribution in [0.3, 0.4) is 0 Å². The van der Waals surface area contributed by atoms with Crippen LogP contribution >= 0.6 is 11.3 Å². The Kier molecular flexibility index (Phi) is 7.90. The fourth-order valence-electron chi connectivity index (χ4n) is 5.45. The topological polar surface area (TPSA) is 120 Å². The van der Waals surface area contributed by atoms with Gasteiger partial charge in [-0.05, 0) is 66.8 Å². The molecule has 0 bridgehead atoms. The molecule has 0 saturated heterocycles. The highest BCUT2D eigenvalue weighted by molar-refractivity contribution is 7.07. The van der Waals surface area contributed by atoms with E-state index in [-0.39, 0.29) is 17.2 Å². The van der Waals surface area contributed by atoms with E-state index in [0.29, 0.717) is 49.3 Å². The van der Waals surface area contributed by atoms with Gasteiger partial charge in [0, 0.05) is 29.5 Å². The van der Waals surface area contributed by atoms with Crippen LogP contribution in [-0.2, 0) is 4.79 Å². The molecule has 9 nitrogen and oxygen atoms in total. The van der Waals surface area contributed by atoms with Crippen LogP contribution in [0.1, 0.15) is 55.2 Å². The molecule has 5 aromatic rings. The number of nitrogens with one attached hydrogen (secondary N) is 1. The van der Waals surface area contributed by atoms with Gasteiger partial charge in [0.05, 0.1) is 26.8 Å². The fraction of sp³-hybridized carbons (Fsp3) is 0.171. The number of fused-ring (bicyclic) bond motifs is 1. The number of anilines is 1. The van der Waals surface area contributed by atoms with Crippen molar-refractivity contribution in [3.63, 3.8) is 0 Å². The van der Waals surface area contributed by atoms with E-state index in [1.54, 1.807) is 42.7 Å². The molecule has 1 aliphatic rings. The highest BCUT2D eigenvalue weighted by Crippen LogP contribution is 2.32. The van der Waals surface area contributed by atoms with Gasteiger partial charge in [0.2, 0.25) is 0 Å². The molecule has 0 spiro atoms. The van der Waals surface area contributed by atoms with Crippen molar-refractivity contribution in [1.29, 1.82) is 0 Å². The van der Waals surface area contributed by atoms with E-state index in [9.17, 15) is 19.7 Å². The molecule has 3 aromatic carbocycles. The molecule has 1 atom stereocenters. The minimum absolute atomic E-state index is 0.00431. The van der Waals surface area contributed by atoms with Crippen molar-refractivity contribution < 1.29 is 14.1 Å². The predicted octanol–water partition coefficient (Wildman–Crippen LogP) is 6.47. The van der Waals surface area contributed by atoms with Gasteiger partial charge in [0.25, 0.3) is 17.2 Å². The van der Waals surface area contributed by atoms with Crippen LogP contribution < -0.4 is 20.2 Å². The molecule has 1 amide bonds. The first-order valence-corrected chi connectivity index (χ1v) is 15.3. The van der Waals surface area contributed by atoms with Crippen LogP contribution in [-0.4, -0.2) is 15.4 Å². The smallest absolute Gasteiger partial charge is 0.271 e. The Balaban J connectivity index is 1.43. The molecule has 0 fully saturated rings. The predicted molar refractivity (Wildman–Crippen MR) is 175 cm³/mol. The number of non-ortho nitro benzene ring substituents is 1. The van der Waals surface area contributed by atoms with Crippen molar-refractivity contribution in [2.45, 2.75) is 39.7 Å². The molecule has 2 aromatic heterocycles. The monoisotopic (exact) mass is 618 g/mol. The van der Waals surface area contributed by atoms with E-state index in [2.05, 4.69) is 19.2 Å². The Morgan fingerprint density at radius 1 is 1.04 bits per heavy atom. The van der Waals surface area contributed by atoms with Crippen molar-refractivity contribution in [1.82, 2.24) is 4.57 Å². The van der Waals surface area contributed by atoms with Gasteiger partial charge < -0.3 is 9.73 Å². The van der Waals surface area contributed by atoms with Gasteiger partial charge in [-0.25, -0.2) is 4.99 Å². The second-order valence-corrected chi connectivity index (χ2v) is 12.2. The van der Waals surface area contributed by atoms with Gasteiger partial charge in [-0.15, -0.1) is 0 Å². The number of allylic oxidation sites excluding steroid dienone is 1. The van der Waals surface area contributed by atoms with Crippen LogP contribution in [0.15, 0.2) is 110 Å². The maximum absolute atomic E-state index is 14.1. The number of nitrogens with zero attached hydrogens (tertiary/aromatic N) is 3. The molecule has 1 unspecified atom stereocenters. The van der Waals surface area contributed by atoms with E-state index in [1.165, 1.54) is 23.5 Å². The summed E-state index contributed by atoms with van der Waals surface area (Å²) in [7, 11) is 0. The molecule has 0 aliphatic carbocycles. The maximum Gasteiger partial charge on any atom is 0.271 e. The number of aryl methyl sites for hydroxylation is 1. The van der Waals surface area contributed by atoms with Gasteiger partial charge in [0.15, 0.2) is 4.80 Å². The lowest BCUT2D eigenvalue weighted by Crippen LogP contribution is -2.40. The first-order valence-electron chi connectivity index (χ1n) is 14.4. The van der Waals surface area contributed by atoms with Crippen LogP contribution in [0.25, 0.3) is 17.4 Å². The van der Waals surface area contributed by atoms with Gasteiger partial charge >= 0.3 is 0 Å². The second-order valence-electron chi connectivity index (χ2n) is 11.2. The molecule has 3 heterocycles. The number of carbonyl (C=O) groups excluding carboxylic acids is 1. The molecule has 226 valence electrons. The number of nitro benzene ring substituents is 1. The summed E-state index contributed by atoms with van der Waals surface area (Å²) in [5, 5.41) is 14.1. The van der Waals surface area contributed by atoms with Crippen molar-refractivity contribution in [2.24, 2.45) is 4.99 Å². The molecular formula is C35H30N4O5S. The number of thiazole rings is 1. The number of hydrogen-bond donors (Lipinski definition) is 1. The molecule has 0 radical (unpaired) electrons. The largest absolute Gasteiger partial charge is 0.457 e. The minimum Gasteiger partial charge on any atom is -0.457 e. The number of para-hydroxylation sites is 1. The number of benzene rings is 3. The molecule has 10 heteroatoms. The average Bonchev–Trinajstić information content (AvgIpc) is 3.60. The summed E-state index contributed by atoms with van der Waals surface area (Å²) in [6.07, 6.45) is 1.66. The highest BCUT2D eigenvalue weighted by atomic mass is 32.1. The van der Waals surface area contributed by atoms with Gasteiger partial charge in [0.1, 0.15) is 11.5 Å².